The topological polar surface area (TPSA) is 78.9 Å². The Bertz CT molecular complexity index is 462. The van der Waals surface area contributed by atoms with Gasteiger partial charge >= 0.3 is 0 Å². The van der Waals surface area contributed by atoms with Gasteiger partial charge in [-0.3, -0.25) is 4.79 Å². The molecule has 0 aromatic carbocycles. The molecule has 1 amide bonds. The van der Waals surface area contributed by atoms with Crippen LogP contribution in [0.25, 0.3) is 0 Å². The lowest BCUT2D eigenvalue weighted by Gasteiger charge is -2.14. The summed E-state index contributed by atoms with van der Waals surface area (Å²) < 4.78 is 0. The van der Waals surface area contributed by atoms with E-state index in [4.69, 9.17) is 0 Å². The Kier molecular flexibility index (Phi) is 7.50. The maximum Gasteiger partial charge on any atom is 0.221 e. The highest BCUT2D eigenvalue weighted by atomic mass is 16.1. The molecule has 1 rings (SSSR count). The van der Waals surface area contributed by atoms with E-state index in [-0.39, 0.29) is 5.91 Å². The minimum absolute atomic E-state index is 0.0531. The Hall–Kier alpha value is -1.85. The van der Waals surface area contributed by atoms with E-state index in [2.05, 4.69) is 32.8 Å². The van der Waals surface area contributed by atoms with Gasteiger partial charge in [-0.25, -0.2) is 9.97 Å². The van der Waals surface area contributed by atoms with Crippen LogP contribution in [0.5, 0.6) is 0 Å². The minimum atomic E-state index is 0.0531. The summed E-state index contributed by atoms with van der Waals surface area (Å²) in [6, 6.07) is 0. The lowest BCUT2D eigenvalue weighted by molar-refractivity contribution is -0.120. The minimum Gasteiger partial charge on any atom is -0.370 e. The van der Waals surface area contributed by atoms with Gasteiger partial charge < -0.3 is 16.0 Å². The van der Waals surface area contributed by atoms with Crippen molar-refractivity contribution in [2.24, 2.45) is 0 Å². The average molecular weight is 293 g/mol. The summed E-state index contributed by atoms with van der Waals surface area (Å²) in [7, 11) is 0. The van der Waals surface area contributed by atoms with Gasteiger partial charge in [0, 0.05) is 38.0 Å². The van der Waals surface area contributed by atoms with Crippen LogP contribution in [0.3, 0.4) is 0 Å². The highest BCUT2D eigenvalue weighted by Crippen LogP contribution is 2.20. The number of amides is 1. The maximum absolute atomic E-state index is 11.5. The third kappa shape index (κ3) is 5.57. The zero-order valence-electron chi connectivity index (χ0n) is 13.5. The van der Waals surface area contributed by atoms with Crippen LogP contribution >= 0.6 is 0 Å². The molecule has 0 aliphatic carbocycles. The molecular formula is C15H27N5O. The number of hydrogen-bond acceptors (Lipinski definition) is 5. The van der Waals surface area contributed by atoms with Crippen molar-refractivity contribution in [2.45, 2.75) is 47.0 Å². The van der Waals surface area contributed by atoms with E-state index < -0.39 is 0 Å². The van der Waals surface area contributed by atoms with Crippen LogP contribution < -0.4 is 16.0 Å². The summed E-state index contributed by atoms with van der Waals surface area (Å²) in [5.41, 5.74) is 0.993. The van der Waals surface area contributed by atoms with Crippen LogP contribution in [0.15, 0.2) is 0 Å². The summed E-state index contributed by atoms with van der Waals surface area (Å²) in [5, 5.41) is 9.30. The third-order valence-electron chi connectivity index (χ3n) is 3.03. The fraction of sp³-hybridized carbons (Fsp3) is 0.667. The van der Waals surface area contributed by atoms with Gasteiger partial charge in [0.2, 0.25) is 5.91 Å². The van der Waals surface area contributed by atoms with Crippen LogP contribution in [0, 0.1) is 6.92 Å². The predicted octanol–water partition coefficient (Wildman–Crippen LogP) is 2.11. The molecule has 0 aliphatic rings. The molecule has 0 spiro atoms. The summed E-state index contributed by atoms with van der Waals surface area (Å²) in [4.78, 5) is 20.6. The summed E-state index contributed by atoms with van der Waals surface area (Å²) in [6.07, 6.45) is 2.30. The first kappa shape index (κ1) is 17.2. The first-order valence-corrected chi connectivity index (χ1v) is 7.74. The second-order valence-electron chi connectivity index (χ2n) is 4.87. The summed E-state index contributed by atoms with van der Waals surface area (Å²) >= 11 is 0. The molecule has 1 aromatic rings. The van der Waals surface area contributed by atoms with E-state index in [1.165, 1.54) is 0 Å². The van der Waals surface area contributed by atoms with Crippen molar-refractivity contribution >= 4 is 17.5 Å². The van der Waals surface area contributed by atoms with E-state index in [1.54, 1.807) is 0 Å². The van der Waals surface area contributed by atoms with Crippen molar-refractivity contribution in [1.82, 2.24) is 15.3 Å². The number of carbonyl (C=O) groups is 1. The Balaban J connectivity index is 2.76. The van der Waals surface area contributed by atoms with Crippen LogP contribution in [0.4, 0.5) is 11.6 Å². The molecule has 3 N–H and O–H groups in total. The fourth-order valence-corrected chi connectivity index (χ4v) is 1.99. The monoisotopic (exact) mass is 293 g/mol. The van der Waals surface area contributed by atoms with Gasteiger partial charge in [0.05, 0.1) is 0 Å². The van der Waals surface area contributed by atoms with Crippen molar-refractivity contribution in [3.63, 3.8) is 0 Å². The molecule has 0 fully saturated rings. The molecule has 0 atom stereocenters. The van der Waals surface area contributed by atoms with E-state index in [0.717, 1.165) is 42.4 Å². The van der Waals surface area contributed by atoms with Crippen molar-refractivity contribution in [2.75, 3.05) is 30.3 Å². The quantitative estimate of drug-likeness (QED) is 0.650. The lowest BCUT2D eigenvalue weighted by Crippen LogP contribution is -2.25. The molecule has 0 bridgehead atoms. The number of rotatable bonds is 9. The molecular weight excluding hydrogens is 266 g/mol. The molecule has 6 nitrogen and oxygen atoms in total. The molecule has 0 saturated carbocycles. The Morgan fingerprint density at radius 2 is 1.71 bits per heavy atom. The second kappa shape index (κ2) is 9.15. The Morgan fingerprint density at radius 3 is 2.29 bits per heavy atom. The first-order chi connectivity index (χ1) is 10.1. The molecule has 6 heteroatoms. The lowest BCUT2D eigenvalue weighted by atomic mass is 10.2. The highest BCUT2D eigenvalue weighted by Gasteiger charge is 2.10. The number of carbonyl (C=O) groups excluding carboxylic acids is 1. The maximum atomic E-state index is 11.5. The van der Waals surface area contributed by atoms with Crippen molar-refractivity contribution in [1.29, 1.82) is 0 Å². The molecule has 1 heterocycles. The average Bonchev–Trinajstić information content (AvgIpc) is 2.44. The molecule has 118 valence electrons. The highest BCUT2D eigenvalue weighted by molar-refractivity contribution is 5.76. The first-order valence-electron chi connectivity index (χ1n) is 7.74. The Labute approximate surface area is 127 Å². The molecule has 0 saturated heterocycles. The van der Waals surface area contributed by atoms with E-state index in [9.17, 15) is 4.79 Å². The van der Waals surface area contributed by atoms with E-state index in [0.29, 0.717) is 19.5 Å². The van der Waals surface area contributed by atoms with Gasteiger partial charge in [-0.15, -0.1) is 0 Å². The largest absolute Gasteiger partial charge is 0.370 e. The van der Waals surface area contributed by atoms with Crippen molar-refractivity contribution in [3.8, 4) is 0 Å². The fourth-order valence-electron chi connectivity index (χ4n) is 1.99. The number of anilines is 2. The SMILES string of the molecule is CCCc1nc(NCC)c(C)c(NCCC(=O)NCC)n1. The number of nitrogens with one attached hydrogen (secondary N) is 3. The van der Waals surface area contributed by atoms with Crippen LogP contribution in [0.1, 0.15) is 45.0 Å². The predicted molar refractivity (Wildman–Crippen MR) is 86.7 cm³/mol. The Morgan fingerprint density at radius 1 is 1.05 bits per heavy atom. The third-order valence-corrected chi connectivity index (χ3v) is 3.03. The molecule has 1 aromatic heterocycles. The smallest absolute Gasteiger partial charge is 0.221 e. The second-order valence-corrected chi connectivity index (χ2v) is 4.87. The molecule has 0 aliphatic heterocycles. The number of aromatic nitrogens is 2. The molecule has 21 heavy (non-hydrogen) atoms. The van der Waals surface area contributed by atoms with Gasteiger partial charge in [-0.05, 0) is 27.2 Å². The summed E-state index contributed by atoms with van der Waals surface area (Å²) in [6.45, 7) is 10.1. The zero-order valence-corrected chi connectivity index (χ0v) is 13.5. The number of hydrogen-bond donors (Lipinski definition) is 3. The van der Waals surface area contributed by atoms with Crippen molar-refractivity contribution in [3.05, 3.63) is 11.4 Å². The van der Waals surface area contributed by atoms with E-state index in [1.807, 2.05) is 20.8 Å². The summed E-state index contributed by atoms with van der Waals surface area (Å²) in [5.74, 6) is 2.57. The van der Waals surface area contributed by atoms with Gasteiger partial charge in [0.25, 0.3) is 0 Å². The molecule has 0 unspecified atom stereocenters. The zero-order chi connectivity index (χ0) is 15.7. The normalized spacial score (nSPS) is 10.3. The van der Waals surface area contributed by atoms with Crippen molar-refractivity contribution < 1.29 is 4.79 Å². The van der Waals surface area contributed by atoms with Gasteiger partial charge in [-0.1, -0.05) is 6.92 Å². The van der Waals surface area contributed by atoms with Crippen LogP contribution in [-0.2, 0) is 11.2 Å². The van der Waals surface area contributed by atoms with Crippen LogP contribution in [-0.4, -0.2) is 35.5 Å². The molecule has 0 radical (unpaired) electrons. The number of aryl methyl sites for hydroxylation is 1. The standard InChI is InChI=1S/C15H27N5O/c1-5-8-12-19-14(17-7-3)11(4)15(20-12)18-10-9-13(21)16-6-2/h5-10H2,1-4H3,(H,16,21)(H2,17,18,19,20). The van der Waals surface area contributed by atoms with Gasteiger partial charge in [-0.2, -0.15) is 0 Å². The number of nitrogens with zero attached hydrogens (tertiary/aromatic N) is 2. The van der Waals surface area contributed by atoms with Gasteiger partial charge in [0.15, 0.2) is 0 Å². The van der Waals surface area contributed by atoms with Gasteiger partial charge in [0.1, 0.15) is 17.5 Å². The van der Waals surface area contributed by atoms with E-state index >= 15 is 0 Å². The van der Waals surface area contributed by atoms with Crippen LogP contribution in [0.2, 0.25) is 0 Å².